The molecule has 106 valence electrons. The molecule has 0 aromatic carbocycles. The van der Waals surface area contributed by atoms with Crippen LogP contribution in [0.15, 0.2) is 0 Å². The number of hydrogen-bond donors (Lipinski definition) is 0. The van der Waals surface area contributed by atoms with Crippen molar-refractivity contribution in [3.63, 3.8) is 0 Å². The lowest BCUT2D eigenvalue weighted by Gasteiger charge is -2.45. The molecule has 5 nitrogen and oxygen atoms in total. The van der Waals surface area contributed by atoms with Crippen LogP contribution < -0.4 is 0 Å². The summed E-state index contributed by atoms with van der Waals surface area (Å²) in [6.45, 7) is 0.973. The van der Waals surface area contributed by atoms with Crippen molar-refractivity contribution in [1.29, 1.82) is 0 Å². The average Bonchev–Trinajstić information content (AvgIpc) is 2.99. The zero-order chi connectivity index (χ0) is 13.6. The Morgan fingerprint density at radius 1 is 1.47 bits per heavy atom. The number of carbonyl (C=O) groups is 2. The van der Waals surface area contributed by atoms with Gasteiger partial charge >= 0.3 is 5.97 Å². The first-order valence-corrected chi connectivity index (χ1v) is 7.88. The van der Waals surface area contributed by atoms with Crippen LogP contribution in [0.1, 0.15) is 25.7 Å². The topological polar surface area (TPSA) is 49.9 Å². The van der Waals surface area contributed by atoms with Crippen molar-refractivity contribution in [2.45, 2.75) is 42.6 Å². The molecule has 3 aliphatic rings. The second-order valence-electron chi connectivity index (χ2n) is 5.63. The van der Waals surface area contributed by atoms with Gasteiger partial charge in [-0.2, -0.15) is 0 Å². The number of thioether (sulfide) groups is 1. The molecule has 3 rings (SSSR count). The summed E-state index contributed by atoms with van der Waals surface area (Å²) in [7, 11) is 3.42. The number of hydrogen-bond acceptors (Lipinski definition) is 5. The van der Waals surface area contributed by atoms with E-state index in [0.29, 0.717) is 5.75 Å². The Balaban J connectivity index is 1.89. The molecule has 0 radical (unpaired) electrons. The van der Waals surface area contributed by atoms with Crippen molar-refractivity contribution < 1.29 is 14.3 Å². The van der Waals surface area contributed by atoms with E-state index >= 15 is 0 Å². The van der Waals surface area contributed by atoms with Gasteiger partial charge in [-0.3, -0.25) is 9.69 Å². The number of piperidine rings is 1. The monoisotopic (exact) mass is 284 g/mol. The van der Waals surface area contributed by atoms with Gasteiger partial charge in [0.05, 0.1) is 12.5 Å². The molecule has 3 aliphatic heterocycles. The van der Waals surface area contributed by atoms with Gasteiger partial charge in [0.15, 0.2) is 0 Å². The Labute approximate surface area is 117 Å². The maximum absolute atomic E-state index is 12.9. The molecule has 6 heteroatoms. The van der Waals surface area contributed by atoms with Gasteiger partial charge in [0.2, 0.25) is 5.91 Å². The smallest absolute Gasteiger partial charge is 0.329 e. The van der Waals surface area contributed by atoms with Crippen molar-refractivity contribution in [3.05, 3.63) is 0 Å². The minimum absolute atomic E-state index is 0.143. The third-order valence-corrected chi connectivity index (χ3v) is 6.17. The largest absolute Gasteiger partial charge is 0.467 e. The molecule has 3 heterocycles. The highest BCUT2D eigenvalue weighted by molar-refractivity contribution is 8.00. The molecule has 0 aliphatic carbocycles. The summed E-state index contributed by atoms with van der Waals surface area (Å²) in [5.41, 5.74) is -0.354. The van der Waals surface area contributed by atoms with E-state index in [2.05, 4.69) is 4.90 Å². The summed E-state index contributed by atoms with van der Waals surface area (Å²) in [5, 5.41) is 0.163. The second-order valence-corrected chi connectivity index (χ2v) is 6.85. The van der Waals surface area contributed by atoms with Crippen molar-refractivity contribution in [3.8, 4) is 0 Å². The number of rotatable bonds is 1. The fourth-order valence-corrected chi connectivity index (χ4v) is 5.07. The highest BCUT2D eigenvalue weighted by atomic mass is 32.2. The Hall–Kier alpha value is -0.750. The van der Waals surface area contributed by atoms with Crippen molar-refractivity contribution >= 4 is 23.6 Å². The quantitative estimate of drug-likeness (QED) is 0.663. The molecule has 3 atom stereocenters. The maximum atomic E-state index is 12.9. The van der Waals surface area contributed by atoms with Crippen LogP contribution in [0.25, 0.3) is 0 Å². The number of likely N-dealkylation sites (N-methyl/N-ethyl adjacent to an activating group) is 1. The van der Waals surface area contributed by atoms with E-state index in [1.165, 1.54) is 7.11 Å². The summed E-state index contributed by atoms with van der Waals surface area (Å²) in [5.74, 6) is 0.535. The van der Waals surface area contributed by atoms with Gasteiger partial charge in [0.25, 0.3) is 0 Å². The van der Waals surface area contributed by atoms with E-state index < -0.39 is 6.04 Å². The SMILES string of the molecule is COC(=O)C1CS[C@H]2CC[C@]3(CCCN3C)C(=O)N12. The van der Waals surface area contributed by atoms with Crippen molar-refractivity contribution in [1.82, 2.24) is 9.80 Å². The lowest BCUT2D eigenvalue weighted by atomic mass is 9.85. The van der Waals surface area contributed by atoms with E-state index in [1.54, 1.807) is 11.8 Å². The first-order chi connectivity index (χ1) is 9.10. The molecular formula is C13H20N2O3S. The minimum Gasteiger partial charge on any atom is -0.467 e. The van der Waals surface area contributed by atoms with E-state index in [0.717, 1.165) is 32.2 Å². The highest BCUT2D eigenvalue weighted by Crippen LogP contribution is 2.45. The summed E-state index contributed by atoms with van der Waals surface area (Å²) in [6.07, 6.45) is 3.89. The Kier molecular flexibility index (Phi) is 3.25. The predicted molar refractivity (Wildman–Crippen MR) is 72.7 cm³/mol. The zero-order valence-electron chi connectivity index (χ0n) is 11.4. The second kappa shape index (κ2) is 4.66. The first-order valence-electron chi connectivity index (χ1n) is 6.83. The van der Waals surface area contributed by atoms with Crippen LogP contribution in [0.3, 0.4) is 0 Å². The van der Waals surface area contributed by atoms with Gasteiger partial charge in [-0.05, 0) is 39.3 Å². The fourth-order valence-electron chi connectivity index (χ4n) is 3.69. The molecule has 0 N–H and O–H groups in total. The van der Waals surface area contributed by atoms with Gasteiger partial charge in [-0.1, -0.05) is 0 Å². The predicted octanol–water partition coefficient (Wildman–Crippen LogP) is 0.688. The zero-order valence-corrected chi connectivity index (χ0v) is 12.2. The number of amides is 1. The van der Waals surface area contributed by atoms with Crippen molar-refractivity contribution in [2.24, 2.45) is 0 Å². The van der Waals surface area contributed by atoms with Gasteiger partial charge < -0.3 is 9.64 Å². The van der Waals surface area contributed by atoms with Crippen LogP contribution in [0.4, 0.5) is 0 Å². The van der Waals surface area contributed by atoms with Gasteiger partial charge in [-0.25, -0.2) is 4.79 Å². The minimum atomic E-state index is -0.390. The molecule has 3 fully saturated rings. The van der Waals surface area contributed by atoms with Crippen LogP contribution in [-0.4, -0.2) is 65.1 Å². The third-order valence-electron chi connectivity index (χ3n) is 4.82. The Bertz CT molecular complexity index is 417. The standard InChI is InChI=1S/C13H20N2O3S/c1-14-7-3-5-13(14)6-4-10-15(12(13)17)9(8-19-10)11(16)18-2/h9-10H,3-8H2,1-2H3/t9?,10-,13+/m0/s1. The highest BCUT2D eigenvalue weighted by Gasteiger charge is 2.56. The molecule has 19 heavy (non-hydrogen) atoms. The van der Waals surface area contributed by atoms with Crippen LogP contribution in [0.2, 0.25) is 0 Å². The third kappa shape index (κ3) is 1.80. The molecule has 1 unspecified atom stereocenters. The van der Waals surface area contributed by atoms with Gasteiger partial charge in [0, 0.05) is 5.75 Å². The van der Waals surface area contributed by atoms with Gasteiger partial charge in [-0.15, -0.1) is 11.8 Å². The lowest BCUT2D eigenvalue weighted by molar-refractivity contribution is -0.159. The molecule has 3 saturated heterocycles. The molecule has 0 bridgehead atoms. The molecule has 1 spiro atoms. The van der Waals surface area contributed by atoms with Crippen LogP contribution >= 0.6 is 11.8 Å². The van der Waals surface area contributed by atoms with E-state index in [9.17, 15) is 9.59 Å². The number of ether oxygens (including phenoxy) is 1. The summed E-state index contributed by atoms with van der Waals surface area (Å²) in [6, 6.07) is -0.390. The number of esters is 1. The number of likely N-dealkylation sites (tertiary alicyclic amines) is 1. The summed E-state index contributed by atoms with van der Waals surface area (Å²) >= 11 is 1.71. The number of fused-ring (bicyclic) bond motifs is 1. The molecule has 0 aromatic heterocycles. The number of nitrogens with zero attached hydrogens (tertiary/aromatic N) is 2. The van der Waals surface area contributed by atoms with E-state index in [1.807, 2.05) is 11.9 Å². The Morgan fingerprint density at radius 2 is 2.26 bits per heavy atom. The fraction of sp³-hybridized carbons (Fsp3) is 0.846. The number of carbonyl (C=O) groups excluding carboxylic acids is 2. The summed E-state index contributed by atoms with van der Waals surface area (Å²) < 4.78 is 4.85. The van der Waals surface area contributed by atoms with Gasteiger partial charge in [0.1, 0.15) is 11.6 Å². The van der Waals surface area contributed by atoms with E-state index in [4.69, 9.17) is 4.74 Å². The summed E-state index contributed by atoms with van der Waals surface area (Å²) in [4.78, 5) is 28.8. The van der Waals surface area contributed by atoms with Crippen LogP contribution in [0.5, 0.6) is 0 Å². The molecule has 1 amide bonds. The van der Waals surface area contributed by atoms with Crippen molar-refractivity contribution in [2.75, 3.05) is 26.5 Å². The lowest BCUT2D eigenvalue weighted by Crippen LogP contribution is -2.62. The normalized spacial score (nSPS) is 38.8. The molecular weight excluding hydrogens is 264 g/mol. The number of methoxy groups -OCH3 is 1. The average molecular weight is 284 g/mol. The Morgan fingerprint density at radius 3 is 2.89 bits per heavy atom. The molecule has 0 aromatic rings. The maximum Gasteiger partial charge on any atom is 0.329 e. The van der Waals surface area contributed by atoms with Crippen LogP contribution in [-0.2, 0) is 14.3 Å². The van der Waals surface area contributed by atoms with E-state index in [-0.39, 0.29) is 22.8 Å². The molecule has 0 saturated carbocycles. The van der Waals surface area contributed by atoms with Crippen LogP contribution in [0, 0.1) is 0 Å². The first kappa shape index (κ1) is 13.2.